The lowest BCUT2D eigenvalue weighted by Gasteiger charge is -2.17. The van der Waals surface area contributed by atoms with Gasteiger partial charge in [0.2, 0.25) is 5.88 Å². The molecule has 1 atom stereocenters. The van der Waals surface area contributed by atoms with Gasteiger partial charge in [0.05, 0.1) is 7.11 Å². The Hall–Kier alpha value is -1.95. The third kappa shape index (κ3) is 4.01. The fourth-order valence-electron chi connectivity index (χ4n) is 2.29. The molecule has 2 aromatic heterocycles. The van der Waals surface area contributed by atoms with Gasteiger partial charge < -0.3 is 10.1 Å². The summed E-state index contributed by atoms with van der Waals surface area (Å²) < 4.78 is 7.05. The van der Waals surface area contributed by atoms with Gasteiger partial charge in [0.15, 0.2) is 0 Å². The molecule has 0 saturated heterocycles. The molecule has 0 aliphatic rings. The van der Waals surface area contributed by atoms with Crippen molar-refractivity contribution in [2.75, 3.05) is 14.2 Å². The maximum atomic E-state index is 5.08. The number of likely N-dealkylation sites (N-methyl/N-ethyl adjacent to an activating group) is 1. The number of methoxy groups -OCH3 is 1. The lowest BCUT2D eigenvalue weighted by molar-refractivity contribution is 0.397. The highest BCUT2D eigenvalue weighted by molar-refractivity contribution is 5.18. The summed E-state index contributed by atoms with van der Waals surface area (Å²) in [6.07, 6.45) is 5.20. The second-order valence-corrected chi connectivity index (χ2v) is 5.32. The quantitative estimate of drug-likeness (QED) is 0.839. The average Bonchev–Trinajstić information content (AvgIpc) is 2.95. The van der Waals surface area contributed by atoms with Crippen molar-refractivity contribution in [3.05, 3.63) is 36.0 Å². The number of nitrogens with zero attached hydrogens (tertiary/aromatic N) is 4. The molecule has 2 rings (SSSR count). The fourth-order valence-corrected chi connectivity index (χ4v) is 2.29. The van der Waals surface area contributed by atoms with Crippen molar-refractivity contribution >= 4 is 0 Å². The molecule has 21 heavy (non-hydrogen) atoms. The topological polar surface area (TPSA) is 64.9 Å². The highest BCUT2D eigenvalue weighted by atomic mass is 16.5. The van der Waals surface area contributed by atoms with Gasteiger partial charge in [0.1, 0.15) is 12.2 Å². The van der Waals surface area contributed by atoms with E-state index in [4.69, 9.17) is 4.74 Å². The average molecular weight is 289 g/mol. The molecule has 0 radical (unpaired) electrons. The number of rotatable bonds is 7. The molecule has 0 aliphatic carbocycles. The van der Waals surface area contributed by atoms with Crippen LogP contribution in [0, 0.1) is 0 Å². The Labute approximate surface area is 125 Å². The molecule has 6 nitrogen and oxygen atoms in total. The third-order valence-corrected chi connectivity index (χ3v) is 3.46. The van der Waals surface area contributed by atoms with Crippen LogP contribution >= 0.6 is 0 Å². The van der Waals surface area contributed by atoms with Crippen molar-refractivity contribution in [1.82, 2.24) is 25.1 Å². The van der Waals surface area contributed by atoms with E-state index in [-0.39, 0.29) is 0 Å². The first-order valence-corrected chi connectivity index (χ1v) is 7.18. The minimum atomic E-state index is 0.293. The first-order chi connectivity index (χ1) is 10.1. The molecule has 0 bridgehead atoms. The van der Waals surface area contributed by atoms with E-state index in [0.29, 0.717) is 18.0 Å². The van der Waals surface area contributed by atoms with E-state index in [1.807, 2.05) is 30.1 Å². The number of pyridine rings is 1. The normalized spacial score (nSPS) is 12.6. The van der Waals surface area contributed by atoms with Crippen LogP contribution in [0.5, 0.6) is 5.88 Å². The second kappa shape index (κ2) is 7.17. The Morgan fingerprint density at radius 1 is 1.24 bits per heavy atom. The van der Waals surface area contributed by atoms with Crippen molar-refractivity contribution in [3.63, 3.8) is 0 Å². The Kier molecular flexibility index (Phi) is 5.27. The predicted octanol–water partition coefficient (Wildman–Crippen LogP) is 1.64. The molecule has 1 N–H and O–H groups in total. The maximum absolute atomic E-state index is 5.08. The molecule has 0 saturated carbocycles. The van der Waals surface area contributed by atoms with Gasteiger partial charge in [-0.1, -0.05) is 6.07 Å². The molecule has 0 fully saturated rings. The van der Waals surface area contributed by atoms with Crippen LogP contribution in [0.4, 0.5) is 0 Å². The number of aromatic nitrogens is 4. The molecular formula is C15H23N5O. The van der Waals surface area contributed by atoms with Crippen LogP contribution in [0.25, 0.3) is 0 Å². The fraction of sp³-hybridized carbons (Fsp3) is 0.533. The Balaban J connectivity index is 2.03. The van der Waals surface area contributed by atoms with Gasteiger partial charge >= 0.3 is 0 Å². The van der Waals surface area contributed by atoms with Gasteiger partial charge in [-0.25, -0.2) is 14.6 Å². The van der Waals surface area contributed by atoms with Crippen LogP contribution in [0.3, 0.4) is 0 Å². The van der Waals surface area contributed by atoms with E-state index in [1.165, 1.54) is 5.56 Å². The molecule has 0 amide bonds. The minimum absolute atomic E-state index is 0.293. The van der Waals surface area contributed by atoms with Crippen molar-refractivity contribution in [2.24, 2.45) is 0 Å². The van der Waals surface area contributed by atoms with E-state index >= 15 is 0 Å². The van der Waals surface area contributed by atoms with Gasteiger partial charge in [0.25, 0.3) is 0 Å². The van der Waals surface area contributed by atoms with Gasteiger partial charge in [-0.15, -0.1) is 0 Å². The largest absolute Gasteiger partial charge is 0.481 e. The van der Waals surface area contributed by atoms with Crippen LogP contribution in [0.2, 0.25) is 0 Å². The SMILES string of the molecule is CNC(Cc1ccc(OC)nc1)Cc1ncnn1C(C)C. The highest BCUT2D eigenvalue weighted by Gasteiger charge is 2.14. The number of ether oxygens (including phenoxy) is 1. The minimum Gasteiger partial charge on any atom is -0.481 e. The smallest absolute Gasteiger partial charge is 0.212 e. The van der Waals surface area contributed by atoms with Crippen LogP contribution in [-0.4, -0.2) is 39.9 Å². The highest BCUT2D eigenvalue weighted by Crippen LogP contribution is 2.12. The first kappa shape index (κ1) is 15.4. The van der Waals surface area contributed by atoms with Crippen LogP contribution < -0.4 is 10.1 Å². The zero-order valence-electron chi connectivity index (χ0n) is 13.1. The lowest BCUT2D eigenvalue weighted by atomic mass is 10.0. The lowest BCUT2D eigenvalue weighted by Crippen LogP contribution is -2.31. The van der Waals surface area contributed by atoms with Crippen LogP contribution in [0.1, 0.15) is 31.3 Å². The van der Waals surface area contributed by atoms with Gasteiger partial charge in [0, 0.05) is 30.8 Å². The third-order valence-electron chi connectivity index (χ3n) is 3.46. The van der Waals surface area contributed by atoms with E-state index in [2.05, 4.69) is 34.2 Å². The molecule has 2 heterocycles. The first-order valence-electron chi connectivity index (χ1n) is 7.18. The van der Waals surface area contributed by atoms with Gasteiger partial charge in [-0.3, -0.25) is 0 Å². The summed E-state index contributed by atoms with van der Waals surface area (Å²) in [7, 11) is 3.59. The molecule has 114 valence electrons. The summed E-state index contributed by atoms with van der Waals surface area (Å²) in [6.45, 7) is 4.22. The molecule has 2 aromatic rings. The summed E-state index contributed by atoms with van der Waals surface area (Å²) in [5.74, 6) is 1.64. The van der Waals surface area contributed by atoms with Crippen molar-refractivity contribution in [1.29, 1.82) is 0 Å². The molecule has 0 spiro atoms. The zero-order chi connectivity index (χ0) is 15.2. The number of hydrogen-bond donors (Lipinski definition) is 1. The summed E-state index contributed by atoms with van der Waals surface area (Å²) in [5.41, 5.74) is 1.17. The molecule has 1 unspecified atom stereocenters. The van der Waals surface area contributed by atoms with E-state index in [1.54, 1.807) is 13.4 Å². The number of nitrogens with one attached hydrogen (secondary N) is 1. The molecule has 0 aliphatic heterocycles. The standard InChI is InChI=1S/C15H23N5O/c1-11(2)20-14(18-10-19-20)8-13(16-3)7-12-5-6-15(21-4)17-9-12/h5-6,9-11,13,16H,7-8H2,1-4H3. The van der Waals surface area contributed by atoms with E-state index in [9.17, 15) is 0 Å². The zero-order valence-corrected chi connectivity index (χ0v) is 13.1. The maximum Gasteiger partial charge on any atom is 0.212 e. The van der Waals surface area contributed by atoms with Crippen LogP contribution in [-0.2, 0) is 12.8 Å². The van der Waals surface area contributed by atoms with Crippen molar-refractivity contribution in [3.8, 4) is 5.88 Å². The Morgan fingerprint density at radius 3 is 2.62 bits per heavy atom. The predicted molar refractivity (Wildman–Crippen MR) is 81.5 cm³/mol. The number of hydrogen-bond acceptors (Lipinski definition) is 5. The van der Waals surface area contributed by atoms with Gasteiger partial charge in [-0.05, 0) is 32.9 Å². The Morgan fingerprint density at radius 2 is 2.05 bits per heavy atom. The monoisotopic (exact) mass is 289 g/mol. The summed E-state index contributed by atoms with van der Waals surface area (Å²) in [5, 5.41) is 7.63. The summed E-state index contributed by atoms with van der Waals surface area (Å²) in [4.78, 5) is 8.61. The van der Waals surface area contributed by atoms with E-state index in [0.717, 1.165) is 18.7 Å². The summed E-state index contributed by atoms with van der Waals surface area (Å²) >= 11 is 0. The van der Waals surface area contributed by atoms with Crippen molar-refractivity contribution < 1.29 is 4.74 Å². The molecule has 0 aromatic carbocycles. The van der Waals surface area contributed by atoms with Crippen molar-refractivity contribution in [2.45, 2.75) is 38.8 Å². The molecular weight excluding hydrogens is 266 g/mol. The summed E-state index contributed by atoms with van der Waals surface area (Å²) in [6, 6.07) is 4.55. The second-order valence-electron chi connectivity index (χ2n) is 5.32. The van der Waals surface area contributed by atoms with Gasteiger partial charge in [-0.2, -0.15) is 5.10 Å². The van der Waals surface area contributed by atoms with E-state index < -0.39 is 0 Å². The van der Waals surface area contributed by atoms with Crippen LogP contribution in [0.15, 0.2) is 24.7 Å². The Bertz CT molecular complexity index is 549. The molecule has 6 heteroatoms.